The molecule has 0 aliphatic rings. The number of thiazole rings is 1. The molecule has 0 saturated carbocycles. The number of halogens is 1. The number of hydrogen-bond acceptors (Lipinski definition) is 5. The van der Waals surface area contributed by atoms with Gasteiger partial charge in [-0.1, -0.05) is 6.92 Å². The molecular formula is C15H20FN3OS. The maximum Gasteiger partial charge on any atom is 0.141 e. The smallest absolute Gasteiger partial charge is 0.141 e. The minimum Gasteiger partial charge on any atom is -0.386 e. The maximum atomic E-state index is 12.9. The second-order valence-corrected chi connectivity index (χ2v) is 6.32. The highest BCUT2D eigenvalue weighted by Gasteiger charge is 2.20. The summed E-state index contributed by atoms with van der Waals surface area (Å²) in [5, 5.41) is 10.3. The average Bonchev–Trinajstić information content (AvgIpc) is 2.84. The van der Waals surface area contributed by atoms with Crippen molar-refractivity contribution in [1.82, 2.24) is 14.9 Å². The zero-order chi connectivity index (χ0) is 15.4. The number of aryl methyl sites for hydroxylation is 1. The Kier molecular flexibility index (Phi) is 5.39. The van der Waals surface area contributed by atoms with Crippen molar-refractivity contribution in [2.45, 2.75) is 26.5 Å². The molecule has 4 nitrogen and oxygen atoms in total. The molecule has 0 aliphatic heterocycles. The van der Waals surface area contributed by atoms with Crippen LogP contribution in [-0.4, -0.2) is 33.6 Å². The van der Waals surface area contributed by atoms with E-state index in [0.29, 0.717) is 5.69 Å². The van der Waals surface area contributed by atoms with Gasteiger partial charge in [-0.3, -0.25) is 4.98 Å². The Balaban J connectivity index is 1.92. The second kappa shape index (κ2) is 7.06. The van der Waals surface area contributed by atoms with Gasteiger partial charge in [-0.2, -0.15) is 0 Å². The number of aromatic nitrogens is 2. The van der Waals surface area contributed by atoms with Crippen molar-refractivity contribution in [1.29, 1.82) is 0 Å². The van der Waals surface area contributed by atoms with Crippen LogP contribution in [0.4, 0.5) is 4.39 Å². The van der Waals surface area contributed by atoms with Crippen LogP contribution in [0.1, 0.15) is 29.3 Å². The minimum absolute atomic E-state index is 0.00110. The summed E-state index contributed by atoms with van der Waals surface area (Å²) in [5.74, 6) is -0.391. The molecule has 0 aromatic carbocycles. The molecule has 2 heterocycles. The fourth-order valence-corrected chi connectivity index (χ4v) is 3.09. The topological polar surface area (TPSA) is 49.2 Å². The molecule has 2 aromatic heterocycles. The van der Waals surface area contributed by atoms with E-state index in [1.54, 1.807) is 11.3 Å². The Morgan fingerprint density at radius 3 is 2.71 bits per heavy atom. The van der Waals surface area contributed by atoms with Crippen molar-refractivity contribution in [2.24, 2.45) is 5.92 Å². The van der Waals surface area contributed by atoms with Crippen LogP contribution in [-0.2, 0) is 6.54 Å². The minimum atomic E-state index is -0.699. The molecule has 1 N–H and O–H groups in total. The Hall–Kier alpha value is -1.37. The van der Waals surface area contributed by atoms with Crippen molar-refractivity contribution >= 4 is 11.3 Å². The van der Waals surface area contributed by atoms with Crippen LogP contribution in [0.25, 0.3) is 0 Å². The third kappa shape index (κ3) is 4.30. The fourth-order valence-electron chi connectivity index (χ4n) is 2.23. The Bertz CT molecular complexity index is 573. The number of hydrogen-bond donors (Lipinski definition) is 1. The first kappa shape index (κ1) is 16.0. The number of pyridine rings is 1. The van der Waals surface area contributed by atoms with Gasteiger partial charge in [0.1, 0.15) is 5.82 Å². The summed E-state index contributed by atoms with van der Waals surface area (Å²) in [5.41, 5.74) is 3.41. The van der Waals surface area contributed by atoms with Crippen LogP contribution < -0.4 is 0 Å². The molecule has 0 saturated heterocycles. The predicted molar refractivity (Wildman–Crippen MR) is 81.5 cm³/mol. The SMILES string of the molecule is Cc1ncsc1CN(C)CC(C)C(O)c1ccc(F)cn1. The molecule has 114 valence electrons. The lowest BCUT2D eigenvalue weighted by molar-refractivity contribution is 0.0898. The van der Waals surface area contributed by atoms with Crippen LogP contribution in [0.5, 0.6) is 0 Å². The van der Waals surface area contributed by atoms with Gasteiger partial charge in [-0.15, -0.1) is 11.3 Å². The summed E-state index contributed by atoms with van der Waals surface area (Å²) in [6, 6.07) is 2.85. The van der Waals surface area contributed by atoms with Crippen molar-refractivity contribution in [3.63, 3.8) is 0 Å². The summed E-state index contributed by atoms with van der Waals surface area (Å²) in [7, 11) is 2.01. The van der Waals surface area contributed by atoms with Crippen molar-refractivity contribution in [3.8, 4) is 0 Å². The van der Waals surface area contributed by atoms with Crippen LogP contribution in [0.15, 0.2) is 23.8 Å². The van der Waals surface area contributed by atoms with Gasteiger partial charge in [0.25, 0.3) is 0 Å². The van der Waals surface area contributed by atoms with E-state index in [9.17, 15) is 9.50 Å². The first-order valence-corrected chi connectivity index (χ1v) is 7.72. The monoisotopic (exact) mass is 309 g/mol. The van der Waals surface area contributed by atoms with E-state index in [1.165, 1.54) is 17.0 Å². The lowest BCUT2D eigenvalue weighted by Gasteiger charge is -2.24. The van der Waals surface area contributed by atoms with E-state index in [1.807, 2.05) is 26.4 Å². The number of rotatable bonds is 6. The molecule has 0 amide bonds. The van der Waals surface area contributed by atoms with Crippen molar-refractivity contribution in [3.05, 3.63) is 45.9 Å². The van der Waals surface area contributed by atoms with E-state index in [0.717, 1.165) is 25.0 Å². The van der Waals surface area contributed by atoms with Gasteiger partial charge in [0, 0.05) is 23.9 Å². The maximum absolute atomic E-state index is 12.9. The molecular weight excluding hydrogens is 289 g/mol. The lowest BCUT2D eigenvalue weighted by Crippen LogP contribution is -2.27. The zero-order valence-corrected chi connectivity index (χ0v) is 13.3. The summed E-state index contributed by atoms with van der Waals surface area (Å²) in [6.07, 6.45) is 0.436. The molecule has 0 bridgehead atoms. The molecule has 0 spiro atoms. The molecule has 2 unspecified atom stereocenters. The van der Waals surface area contributed by atoms with Crippen molar-refractivity contribution < 1.29 is 9.50 Å². The molecule has 0 fully saturated rings. The van der Waals surface area contributed by atoms with Gasteiger partial charge in [0.05, 0.1) is 29.2 Å². The number of nitrogens with zero attached hydrogens (tertiary/aromatic N) is 3. The largest absolute Gasteiger partial charge is 0.386 e. The molecule has 2 aromatic rings. The van der Waals surface area contributed by atoms with Crippen LogP contribution >= 0.6 is 11.3 Å². The molecule has 0 aliphatic carbocycles. The van der Waals surface area contributed by atoms with Gasteiger partial charge in [0.2, 0.25) is 0 Å². The number of aliphatic hydroxyl groups is 1. The third-order valence-electron chi connectivity index (χ3n) is 3.45. The lowest BCUT2D eigenvalue weighted by atomic mass is 10.0. The van der Waals surface area contributed by atoms with Crippen LogP contribution in [0.3, 0.4) is 0 Å². The molecule has 0 radical (unpaired) electrons. The first-order valence-electron chi connectivity index (χ1n) is 6.84. The fraction of sp³-hybridized carbons (Fsp3) is 0.467. The summed E-state index contributed by atoms with van der Waals surface area (Å²) < 4.78 is 12.9. The predicted octanol–water partition coefficient (Wildman–Crippen LogP) is 2.79. The highest BCUT2D eigenvalue weighted by molar-refractivity contribution is 7.09. The van der Waals surface area contributed by atoms with Gasteiger partial charge < -0.3 is 10.0 Å². The number of aliphatic hydroxyl groups excluding tert-OH is 1. The highest BCUT2D eigenvalue weighted by atomic mass is 32.1. The normalized spacial score (nSPS) is 14.4. The van der Waals surface area contributed by atoms with Crippen LogP contribution in [0, 0.1) is 18.7 Å². The van der Waals surface area contributed by atoms with E-state index in [4.69, 9.17) is 0 Å². The molecule has 6 heteroatoms. The summed E-state index contributed by atoms with van der Waals surface area (Å²) in [4.78, 5) is 11.6. The third-order valence-corrected chi connectivity index (χ3v) is 4.37. The van der Waals surface area contributed by atoms with Gasteiger partial charge >= 0.3 is 0 Å². The first-order chi connectivity index (χ1) is 9.97. The standard InChI is InChI=1S/C15H20FN3OS/c1-10(15(20)13-5-4-12(16)6-17-13)7-19(3)8-14-11(2)18-9-21-14/h4-6,9-10,15,20H,7-8H2,1-3H3. The Labute approximate surface area is 128 Å². The summed E-state index contributed by atoms with van der Waals surface area (Å²) in [6.45, 7) is 5.49. The summed E-state index contributed by atoms with van der Waals surface area (Å²) >= 11 is 1.64. The van der Waals surface area contributed by atoms with E-state index < -0.39 is 11.9 Å². The van der Waals surface area contributed by atoms with Gasteiger partial charge in [-0.25, -0.2) is 9.37 Å². The van der Waals surface area contributed by atoms with Gasteiger partial charge in [-0.05, 0) is 26.1 Å². The van der Waals surface area contributed by atoms with E-state index in [-0.39, 0.29) is 5.92 Å². The molecule has 2 rings (SSSR count). The van der Waals surface area contributed by atoms with E-state index >= 15 is 0 Å². The molecule has 2 atom stereocenters. The molecule has 21 heavy (non-hydrogen) atoms. The Morgan fingerprint density at radius 1 is 1.38 bits per heavy atom. The van der Waals surface area contributed by atoms with E-state index in [2.05, 4.69) is 14.9 Å². The van der Waals surface area contributed by atoms with Gasteiger partial charge in [0.15, 0.2) is 0 Å². The zero-order valence-electron chi connectivity index (χ0n) is 12.5. The van der Waals surface area contributed by atoms with Crippen molar-refractivity contribution in [2.75, 3.05) is 13.6 Å². The quantitative estimate of drug-likeness (QED) is 0.891. The average molecular weight is 309 g/mol. The second-order valence-electron chi connectivity index (χ2n) is 5.38. The van der Waals surface area contributed by atoms with Crippen LogP contribution in [0.2, 0.25) is 0 Å². The Morgan fingerprint density at radius 2 is 2.14 bits per heavy atom. The highest BCUT2D eigenvalue weighted by Crippen LogP contribution is 2.22.